The zero-order valence-electron chi connectivity index (χ0n) is 13.4. The molecule has 23 heavy (non-hydrogen) atoms. The van der Waals surface area contributed by atoms with Crippen molar-refractivity contribution in [1.82, 2.24) is 4.90 Å². The van der Waals surface area contributed by atoms with Gasteiger partial charge in [0.1, 0.15) is 0 Å². The van der Waals surface area contributed by atoms with Crippen molar-refractivity contribution in [3.05, 3.63) is 83.4 Å². The summed E-state index contributed by atoms with van der Waals surface area (Å²) in [5.41, 5.74) is 10.4. The van der Waals surface area contributed by atoms with Crippen LogP contribution in [0, 0.1) is 0 Å². The number of hydrogen-bond acceptors (Lipinski definition) is 2. The highest BCUT2D eigenvalue weighted by atomic mass is 15.2. The first-order valence-electron chi connectivity index (χ1n) is 8.31. The van der Waals surface area contributed by atoms with Gasteiger partial charge in [0.2, 0.25) is 0 Å². The van der Waals surface area contributed by atoms with E-state index in [-0.39, 0.29) is 0 Å². The molecule has 0 aliphatic carbocycles. The second-order valence-corrected chi connectivity index (χ2v) is 6.36. The largest absolute Gasteiger partial charge is 0.329 e. The number of hydrogen-bond donors (Lipinski definition) is 1. The van der Waals surface area contributed by atoms with E-state index in [4.69, 9.17) is 5.73 Å². The summed E-state index contributed by atoms with van der Waals surface area (Å²) in [4.78, 5) is 2.53. The van der Waals surface area contributed by atoms with E-state index in [1.165, 1.54) is 27.5 Å². The lowest BCUT2D eigenvalue weighted by atomic mass is 9.98. The molecule has 0 radical (unpaired) electrons. The van der Waals surface area contributed by atoms with Gasteiger partial charge in [0.25, 0.3) is 0 Å². The number of nitrogens with zero attached hydrogens (tertiary/aromatic N) is 1. The van der Waals surface area contributed by atoms with Gasteiger partial charge in [-0.3, -0.25) is 4.90 Å². The fourth-order valence-electron chi connectivity index (χ4n) is 3.91. The number of benzene rings is 3. The summed E-state index contributed by atoms with van der Waals surface area (Å²) in [6, 6.07) is 24.5. The molecular weight excluding hydrogens is 280 g/mol. The van der Waals surface area contributed by atoms with Gasteiger partial charge in [-0.15, -0.1) is 0 Å². The highest BCUT2D eigenvalue weighted by Gasteiger charge is 2.33. The Morgan fingerprint density at radius 2 is 1.74 bits per heavy atom. The van der Waals surface area contributed by atoms with Crippen molar-refractivity contribution in [2.24, 2.45) is 5.73 Å². The summed E-state index contributed by atoms with van der Waals surface area (Å²) in [7, 11) is 0. The maximum absolute atomic E-state index is 6.16. The van der Waals surface area contributed by atoms with Crippen molar-refractivity contribution in [1.29, 1.82) is 0 Å². The van der Waals surface area contributed by atoms with Crippen molar-refractivity contribution in [2.75, 3.05) is 6.54 Å². The van der Waals surface area contributed by atoms with Crippen LogP contribution in [0.1, 0.15) is 35.7 Å². The van der Waals surface area contributed by atoms with Crippen LogP contribution >= 0.6 is 0 Å². The maximum Gasteiger partial charge on any atom is 0.0483 e. The summed E-state index contributed by atoms with van der Waals surface area (Å²) in [5.74, 6) is 0. The number of nitrogens with two attached hydrogens (primary N) is 1. The monoisotopic (exact) mass is 302 g/mol. The molecule has 0 saturated carbocycles. The van der Waals surface area contributed by atoms with Gasteiger partial charge in [-0.25, -0.2) is 0 Å². The van der Waals surface area contributed by atoms with E-state index in [0.29, 0.717) is 18.6 Å². The summed E-state index contributed by atoms with van der Waals surface area (Å²) in [6.45, 7) is 3.91. The Hall–Kier alpha value is -2.16. The van der Waals surface area contributed by atoms with Crippen molar-refractivity contribution < 1.29 is 0 Å². The average molecular weight is 302 g/mol. The van der Waals surface area contributed by atoms with E-state index >= 15 is 0 Å². The minimum Gasteiger partial charge on any atom is -0.329 e. The van der Waals surface area contributed by atoms with Crippen LogP contribution in [0.25, 0.3) is 10.8 Å². The highest BCUT2D eigenvalue weighted by molar-refractivity contribution is 5.87. The molecule has 0 amide bonds. The molecule has 0 aromatic heterocycles. The van der Waals surface area contributed by atoms with Gasteiger partial charge < -0.3 is 5.73 Å². The molecule has 0 fully saturated rings. The highest BCUT2D eigenvalue weighted by Crippen LogP contribution is 2.41. The maximum atomic E-state index is 6.16. The van der Waals surface area contributed by atoms with Gasteiger partial charge in [0, 0.05) is 25.2 Å². The molecule has 2 heteroatoms. The molecule has 0 spiro atoms. The van der Waals surface area contributed by atoms with Crippen LogP contribution < -0.4 is 5.73 Å². The number of rotatable bonds is 3. The van der Waals surface area contributed by atoms with E-state index in [0.717, 1.165) is 6.54 Å². The van der Waals surface area contributed by atoms with E-state index in [9.17, 15) is 0 Å². The van der Waals surface area contributed by atoms with Crippen LogP contribution in [-0.2, 0) is 6.54 Å². The molecule has 3 aromatic carbocycles. The molecule has 1 heterocycles. The lowest BCUT2D eigenvalue weighted by molar-refractivity contribution is 0.161. The molecule has 116 valence electrons. The van der Waals surface area contributed by atoms with Crippen LogP contribution in [0.3, 0.4) is 0 Å². The van der Waals surface area contributed by atoms with E-state index in [1.54, 1.807) is 0 Å². The van der Waals surface area contributed by atoms with Gasteiger partial charge >= 0.3 is 0 Å². The quantitative estimate of drug-likeness (QED) is 0.776. The van der Waals surface area contributed by atoms with Gasteiger partial charge in [0.05, 0.1) is 0 Å². The second-order valence-electron chi connectivity index (χ2n) is 6.36. The van der Waals surface area contributed by atoms with E-state index in [1.807, 2.05) is 0 Å². The molecule has 4 rings (SSSR count). The second kappa shape index (κ2) is 5.80. The Labute approximate surface area is 137 Å². The normalized spacial score (nSPS) is 19.0. The zero-order valence-corrected chi connectivity index (χ0v) is 13.4. The van der Waals surface area contributed by atoms with E-state index in [2.05, 4.69) is 78.6 Å². The standard InChI is InChI=1S/C21H22N2/c1-15(16-7-3-2-4-8-16)23-14-20-18-10-6-5-9-17(18)11-12-19(20)21(23)13-22/h2-12,15,21H,13-14,22H2,1H3. The smallest absolute Gasteiger partial charge is 0.0483 e. The lowest BCUT2D eigenvalue weighted by Crippen LogP contribution is -2.30. The fraction of sp³-hybridized carbons (Fsp3) is 0.238. The molecular formula is C21H22N2. The Balaban J connectivity index is 1.78. The van der Waals surface area contributed by atoms with Crippen molar-refractivity contribution in [2.45, 2.75) is 25.6 Å². The minimum absolute atomic E-state index is 0.296. The predicted molar refractivity (Wildman–Crippen MR) is 96.1 cm³/mol. The fourth-order valence-corrected chi connectivity index (χ4v) is 3.91. The first kappa shape index (κ1) is 14.4. The zero-order chi connectivity index (χ0) is 15.8. The Morgan fingerprint density at radius 3 is 2.52 bits per heavy atom. The van der Waals surface area contributed by atoms with Crippen LogP contribution in [0.2, 0.25) is 0 Å². The van der Waals surface area contributed by atoms with Crippen molar-refractivity contribution in [3.63, 3.8) is 0 Å². The van der Waals surface area contributed by atoms with E-state index < -0.39 is 0 Å². The molecule has 2 atom stereocenters. The lowest BCUT2D eigenvalue weighted by Gasteiger charge is -2.30. The molecule has 3 aromatic rings. The Kier molecular flexibility index (Phi) is 3.64. The summed E-state index contributed by atoms with van der Waals surface area (Å²) >= 11 is 0. The number of fused-ring (bicyclic) bond motifs is 3. The summed E-state index contributed by atoms with van der Waals surface area (Å²) in [5, 5.41) is 2.68. The van der Waals surface area contributed by atoms with Gasteiger partial charge in [-0.1, -0.05) is 66.7 Å². The molecule has 2 unspecified atom stereocenters. The first-order chi connectivity index (χ1) is 11.3. The van der Waals surface area contributed by atoms with Gasteiger partial charge in [-0.05, 0) is 34.4 Å². The minimum atomic E-state index is 0.296. The topological polar surface area (TPSA) is 29.3 Å². The predicted octanol–water partition coefficient (Wildman–Crippen LogP) is 4.42. The third-order valence-electron chi connectivity index (χ3n) is 5.18. The molecule has 0 bridgehead atoms. The summed E-state index contributed by atoms with van der Waals surface area (Å²) in [6.07, 6.45) is 0. The Bertz CT molecular complexity index is 826. The van der Waals surface area contributed by atoms with Gasteiger partial charge in [0.15, 0.2) is 0 Å². The van der Waals surface area contributed by atoms with Crippen LogP contribution in [0.4, 0.5) is 0 Å². The van der Waals surface area contributed by atoms with Crippen LogP contribution in [0.15, 0.2) is 66.7 Å². The van der Waals surface area contributed by atoms with Crippen molar-refractivity contribution in [3.8, 4) is 0 Å². The van der Waals surface area contributed by atoms with Crippen LogP contribution in [-0.4, -0.2) is 11.4 Å². The Morgan fingerprint density at radius 1 is 1.00 bits per heavy atom. The molecule has 0 saturated heterocycles. The molecule has 1 aliphatic rings. The van der Waals surface area contributed by atoms with Crippen LogP contribution in [0.5, 0.6) is 0 Å². The molecule has 1 aliphatic heterocycles. The third-order valence-corrected chi connectivity index (χ3v) is 5.18. The summed E-state index contributed by atoms with van der Waals surface area (Å²) < 4.78 is 0. The SMILES string of the molecule is CC(c1ccccc1)N1Cc2c(ccc3ccccc23)C1CN. The van der Waals surface area contributed by atoms with Gasteiger partial charge in [-0.2, -0.15) is 0 Å². The third kappa shape index (κ3) is 2.35. The van der Waals surface area contributed by atoms with Crippen molar-refractivity contribution >= 4 is 10.8 Å². The molecule has 2 N–H and O–H groups in total. The molecule has 2 nitrogen and oxygen atoms in total. The average Bonchev–Trinajstić information content (AvgIpc) is 3.00. The first-order valence-corrected chi connectivity index (χ1v) is 8.31.